The molecule has 0 aliphatic carbocycles. The summed E-state index contributed by atoms with van der Waals surface area (Å²) in [7, 11) is 0. The Labute approximate surface area is 122 Å². The van der Waals surface area contributed by atoms with Crippen molar-refractivity contribution in [1.82, 2.24) is 0 Å². The van der Waals surface area contributed by atoms with E-state index in [2.05, 4.69) is 26.0 Å². The molecule has 0 radical (unpaired) electrons. The summed E-state index contributed by atoms with van der Waals surface area (Å²) < 4.78 is 10.9. The van der Waals surface area contributed by atoms with Gasteiger partial charge in [0.25, 0.3) is 0 Å². The van der Waals surface area contributed by atoms with Gasteiger partial charge in [0.05, 0.1) is 5.92 Å². The van der Waals surface area contributed by atoms with E-state index in [1.165, 1.54) is 5.56 Å². The molecule has 1 rings (SSSR count). The average Bonchev–Trinajstić information content (AvgIpc) is 2.44. The molecule has 0 unspecified atom stereocenters. The van der Waals surface area contributed by atoms with E-state index in [-0.39, 0.29) is 18.0 Å². The van der Waals surface area contributed by atoms with Gasteiger partial charge in [0, 0.05) is 0 Å². The third kappa shape index (κ3) is 5.24. The van der Waals surface area contributed by atoms with E-state index in [4.69, 9.17) is 9.47 Å². The summed E-state index contributed by atoms with van der Waals surface area (Å²) in [5.41, 5.74) is 1.32. The molecule has 0 saturated carbocycles. The van der Waals surface area contributed by atoms with Gasteiger partial charge in [-0.05, 0) is 37.0 Å². The highest BCUT2D eigenvalue weighted by Gasteiger charge is 2.13. The van der Waals surface area contributed by atoms with Crippen LogP contribution in [0.5, 0.6) is 5.75 Å². The van der Waals surface area contributed by atoms with E-state index >= 15 is 0 Å². The molecule has 3 nitrogen and oxygen atoms in total. The maximum atomic E-state index is 11.4. The van der Waals surface area contributed by atoms with Gasteiger partial charge in [0.2, 0.25) is 0 Å². The topological polar surface area (TPSA) is 35.5 Å². The molecular formula is C17H26O3. The van der Waals surface area contributed by atoms with Gasteiger partial charge in [-0.25, -0.2) is 0 Å². The molecule has 0 bridgehead atoms. The predicted molar refractivity (Wildman–Crippen MR) is 81.0 cm³/mol. The van der Waals surface area contributed by atoms with Crippen LogP contribution in [0.15, 0.2) is 24.3 Å². The molecule has 0 saturated heterocycles. The molecule has 1 aromatic carbocycles. The zero-order valence-electron chi connectivity index (χ0n) is 13.2. The highest BCUT2D eigenvalue weighted by molar-refractivity contribution is 5.71. The van der Waals surface area contributed by atoms with E-state index in [0.717, 1.165) is 12.2 Å². The van der Waals surface area contributed by atoms with E-state index in [0.29, 0.717) is 12.5 Å². The van der Waals surface area contributed by atoms with Crippen LogP contribution in [0.2, 0.25) is 0 Å². The SMILES string of the molecule is CC[C@@H](C)c1ccc(OC[C@@H](C)OC(=O)C(C)C)cc1. The van der Waals surface area contributed by atoms with Crippen LogP contribution in [0.25, 0.3) is 0 Å². The fourth-order valence-corrected chi connectivity index (χ4v) is 1.71. The van der Waals surface area contributed by atoms with Crippen LogP contribution < -0.4 is 4.74 Å². The number of rotatable bonds is 7. The second-order valence-electron chi connectivity index (χ2n) is 5.59. The van der Waals surface area contributed by atoms with Gasteiger partial charge in [-0.15, -0.1) is 0 Å². The quantitative estimate of drug-likeness (QED) is 0.702. The maximum absolute atomic E-state index is 11.4. The minimum Gasteiger partial charge on any atom is -0.490 e. The highest BCUT2D eigenvalue weighted by Crippen LogP contribution is 2.21. The van der Waals surface area contributed by atoms with Crippen molar-refractivity contribution in [2.45, 2.75) is 53.1 Å². The first-order chi connectivity index (χ1) is 9.43. The first kappa shape index (κ1) is 16.5. The van der Waals surface area contributed by atoms with E-state index in [1.807, 2.05) is 32.9 Å². The smallest absolute Gasteiger partial charge is 0.308 e. The van der Waals surface area contributed by atoms with Crippen LogP contribution in [-0.2, 0) is 9.53 Å². The highest BCUT2D eigenvalue weighted by atomic mass is 16.6. The summed E-state index contributed by atoms with van der Waals surface area (Å²) in [6.45, 7) is 10.3. The molecule has 3 heteroatoms. The number of esters is 1. The molecule has 0 heterocycles. The van der Waals surface area contributed by atoms with Crippen molar-refractivity contribution in [2.24, 2.45) is 5.92 Å². The van der Waals surface area contributed by atoms with Crippen LogP contribution in [0, 0.1) is 5.92 Å². The Balaban J connectivity index is 2.43. The molecule has 1 aromatic rings. The Kier molecular flexibility index (Phi) is 6.56. The predicted octanol–water partition coefficient (Wildman–Crippen LogP) is 4.17. The fraction of sp³-hybridized carbons (Fsp3) is 0.588. The zero-order chi connectivity index (χ0) is 15.1. The van der Waals surface area contributed by atoms with Crippen molar-refractivity contribution in [3.63, 3.8) is 0 Å². The van der Waals surface area contributed by atoms with Gasteiger partial charge in [0.15, 0.2) is 0 Å². The van der Waals surface area contributed by atoms with Gasteiger partial charge in [0.1, 0.15) is 18.5 Å². The third-order valence-electron chi connectivity index (χ3n) is 3.33. The van der Waals surface area contributed by atoms with Crippen molar-refractivity contribution in [3.05, 3.63) is 29.8 Å². The lowest BCUT2D eigenvalue weighted by molar-refractivity contribution is -0.153. The first-order valence-corrected chi connectivity index (χ1v) is 7.37. The molecule has 20 heavy (non-hydrogen) atoms. The van der Waals surface area contributed by atoms with Crippen molar-refractivity contribution in [3.8, 4) is 5.75 Å². The normalized spacial score (nSPS) is 13.9. The van der Waals surface area contributed by atoms with Crippen LogP contribution >= 0.6 is 0 Å². The van der Waals surface area contributed by atoms with Gasteiger partial charge >= 0.3 is 5.97 Å². The van der Waals surface area contributed by atoms with Gasteiger partial charge in [-0.1, -0.05) is 39.8 Å². The van der Waals surface area contributed by atoms with E-state index in [1.54, 1.807) is 0 Å². The number of carbonyl (C=O) groups is 1. The van der Waals surface area contributed by atoms with E-state index in [9.17, 15) is 4.79 Å². The average molecular weight is 278 g/mol. The lowest BCUT2D eigenvalue weighted by Crippen LogP contribution is -2.24. The van der Waals surface area contributed by atoms with Gasteiger partial charge in [-0.3, -0.25) is 4.79 Å². The van der Waals surface area contributed by atoms with Crippen LogP contribution in [-0.4, -0.2) is 18.7 Å². The van der Waals surface area contributed by atoms with Crippen LogP contribution in [0.3, 0.4) is 0 Å². The Bertz CT molecular complexity index is 409. The summed E-state index contributed by atoms with van der Waals surface area (Å²) in [4.78, 5) is 11.4. The summed E-state index contributed by atoms with van der Waals surface area (Å²) in [6, 6.07) is 8.12. The van der Waals surface area contributed by atoms with Crippen LogP contribution in [0.1, 0.15) is 52.5 Å². The zero-order valence-corrected chi connectivity index (χ0v) is 13.2. The minimum atomic E-state index is -0.237. The Morgan fingerprint density at radius 1 is 1.10 bits per heavy atom. The number of carbonyl (C=O) groups excluding carboxylic acids is 1. The molecule has 0 fully saturated rings. The lowest BCUT2D eigenvalue weighted by Gasteiger charge is -2.16. The van der Waals surface area contributed by atoms with Crippen molar-refractivity contribution in [2.75, 3.05) is 6.61 Å². The summed E-state index contributed by atoms with van der Waals surface area (Å²) in [5.74, 6) is 1.08. The van der Waals surface area contributed by atoms with E-state index < -0.39 is 0 Å². The monoisotopic (exact) mass is 278 g/mol. The second kappa shape index (κ2) is 7.93. The van der Waals surface area contributed by atoms with Crippen molar-refractivity contribution in [1.29, 1.82) is 0 Å². The fourth-order valence-electron chi connectivity index (χ4n) is 1.71. The number of hydrogen-bond donors (Lipinski definition) is 0. The van der Waals surface area contributed by atoms with Crippen molar-refractivity contribution < 1.29 is 14.3 Å². The molecule has 0 aliphatic rings. The van der Waals surface area contributed by atoms with Gasteiger partial charge < -0.3 is 9.47 Å². The number of hydrogen-bond acceptors (Lipinski definition) is 3. The Morgan fingerprint density at radius 2 is 1.70 bits per heavy atom. The lowest BCUT2D eigenvalue weighted by atomic mass is 9.99. The molecular weight excluding hydrogens is 252 g/mol. The summed E-state index contributed by atoms with van der Waals surface area (Å²) in [5, 5.41) is 0. The Hall–Kier alpha value is -1.51. The molecule has 0 amide bonds. The molecule has 0 aromatic heterocycles. The van der Waals surface area contributed by atoms with Crippen molar-refractivity contribution >= 4 is 5.97 Å². The maximum Gasteiger partial charge on any atom is 0.308 e. The third-order valence-corrected chi connectivity index (χ3v) is 3.33. The first-order valence-electron chi connectivity index (χ1n) is 7.37. The molecule has 0 spiro atoms. The summed E-state index contributed by atoms with van der Waals surface area (Å²) in [6.07, 6.45) is 0.890. The number of benzene rings is 1. The summed E-state index contributed by atoms with van der Waals surface area (Å²) >= 11 is 0. The van der Waals surface area contributed by atoms with Gasteiger partial charge in [-0.2, -0.15) is 0 Å². The molecule has 2 atom stereocenters. The van der Waals surface area contributed by atoms with Crippen LogP contribution in [0.4, 0.5) is 0 Å². The molecule has 0 N–H and O–H groups in total. The second-order valence-corrected chi connectivity index (χ2v) is 5.59. The Morgan fingerprint density at radius 3 is 2.20 bits per heavy atom. The number of ether oxygens (including phenoxy) is 2. The minimum absolute atomic E-state index is 0.104. The molecule has 112 valence electrons. The molecule has 0 aliphatic heterocycles. The standard InChI is InChI=1S/C17H26O3/c1-6-13(4)15-7-9-16(10-8-15)19-11-14(5)20-17(18)12(2)3/h7-10,12-14H,6,11H2,1-5H3/t13-,14-/m1/s1. The largest absolute Gasteiger partial charge is 0.490 e.